The summed E-state index contributed by atoms with van der Waals surface area (Å²) >= 11 is 0. The molecular weight excluding hydrogens is 815 g/mol. The van der Waals surface area contributed by atoms with Gasteiger partial charge in [-0.15, -0.1) is 54.1 Å². The number of benzene rings is 3. The second-order valence-corrected chi connectivity index (χ2v) is 13.5. The Balaban J connectivity index is 0.000000307. The van der Waals surface area contributed by atoms with Gasteiger partial charge in [-0.25, -0.2) is 4.98 Å². The van der Waals surface area contributed by atoms with Gasteiger partial charge in [-0.2, -0.15) is 0 Å². The summed E-state index contributed by atoms with van der Waals surface area (Å²) in [6.07, 6.45) is 7.07. The molecule has 52 heavy (non-hydrogen) atoms. The molecule has 1 radical (unpaired) electrons. The monoisotopic (exact) mass is 871 g/mol. The summed E-state index contributed by atoms with van der Waals surface area (Å²) in [7, 11) is 0. The molecule has 1 saturated carbocycles. The van der Waals surface area contributed by atoms with Crippen LogP contribution in [0, 0.1) is 25.8 Å². The summed E-state index contributed by atoms with van der Waals surface area (Å²) < 4.78 is 79.8. The summed E-state index contributed by atoms with van der Waals surface area (Å²) in [6.45, 7) is 2.83. The van der Waals surface area contributed by atoms with E-state index in [0.29, 0.717) is 46.7 Å². The van der Waals surface area contributed by atoms with Gasteiger partial charge in [0.2, 0.25) is 5.71 Å². The Hall–Kier alpha value is -4.44. The third-order valence-corrected chi connectivity index (χ3v) is 9.44. The number of fused-ring (bicyclic) bond motifs is 3. The van der Waals surface area contributed by atoms with Crippen molar-refractivity contribution >= 4 is 22.1 Å². The quantitative estimate of drug-likeness (QED) is 0.156. The van der Waals surface area contributed by atoms with E-state index in [2.05, 4.69) is 22.1 Å². The van der Waals surface area contributed by atoms with E-state index < -0.39 is 31.4 Å². The van der Waals surface area contributed by atoms with Gasteiger partial charge < -0.3 is 14.4 Å². The number of rotatable bonds is 6. The Morgan fingerprint density at radius 3 is 2.21 bits per heavy atom. The zero-order chi connectivity index (χ0) is 43.3. The molecule has 0 saturated heterocycles. The summed E-state index contributed by atoms with van der Waals surface area (Å²) in [4.78, 5) is 13.7. The van der Waals surface area contributed by atoms with E-state index in [-0.39, 0.29) is 31.2 Å². The maximum Gasteiger partial charge on any atom is 0.216 e. The van der Waals surface area contributed by atoms with Gasteiger partial charge in [-0.1, -0.05) is 99.9 Å². The molecule has 4 aromatic heterocycles. The molecule has 5 heteroatoms. The molecule has 1 aliphatic carbocycles. The molecule has 0 amide bonds. The van der Waals surface area contributed by atoms with Crippen LogP contribution in [-0.4, -0.2) is 15.0 Å². The van der Waals surface area contributed by atoms with Crippen molar-refractivity contribution in [3.8, 4) is 33.8 Å². The van der Waals surface area contributed by atoms with Crippen LogP contribution in [0.1, 0.15) is 118 Å². The molecule has 1 fully saturated rings. The van der Waals surface area contributed by atoms with Crippen LogP contribution in [0.3, 0.4) is 0 Å². The van der Waals surface area contributed by atoms with Gasteiger partial charge >= 0.3 is 0 Å². The first kappa shape index (κ1) is 27.2. The van der Waals surface area contributed by atoms with E-state index in [1.54, 1.807) is 36.5 Å². The molecular formula is C47H47IrN3O-2. The normalized spacial score (nSPS) is 17.3. The molecule has 0 bridgehead atoms. The van der Waals surface area contributed by atoms with Crippen molar-refractivity contribution in [3.63, 3.8) is 0 Å². The van der Waals surface area contributed by atoms with Crippen molar-refractivity contribution in [2.75, 3.05) is 0 Å². The zero-order valence-electron chi connectivity index (χ0n) is 38.9. The summed E-state index contributed by atoms with van der Waals surface area (Å²) in [5.74, 6) is -2.80. The van der Waals surface area contributed by atoms with E-state index in [4.69, 9.17) is 21.7 Å². The van der Waals surface area contributed by atoms with Crippen LogP contribution in [0.15, 0.2) is 102 Å². The van der Waals surface area contributed by atoms with Gasteiger partial charge in [-0.3, -0.25) is 0 Å². The van der Waals surface area contributed by atoms with Crippen LogP contribution in [-0.2, 0) is 20.1 Å². The number of pyridine rings is 3. The third-order valence-electron chi connectivity index (χ3n) is 9.44. The Kier molecular flexibility index (Phi) is 8.63. The van der Waals surface area contributed by atoms with E-state index in [9.17, 15) is 0 Å². The maximum atomic E-state index is 9.11. The number of aryl methyl sites for hydroxylation is 2. The molecule has 0 N–H and O–H groups in total. The van der Waals surface area contributed by atoms with Gasteiger partial charge in [0.1, 0.15) is 0 Å². The van der Waals surface area contributed by atoms with Gasteiger partial charge in [0.05, 0.1) is 11.3 Å². The number of aromatic nitrogens is 3. The van der Waals surface area contributed by atoms with Crippen molar-refractivity contribution in [2.45, 2.75) is 91.2 Å². The van der Waals surface area contributed by atoms with Crippen LogP contribution >= 0.6 is 0 Å². The Bertz CT molecular complexity index is 2610. The second kappa shape index (κ2) is 16.5. The van der Waals surface area contributed by atoms with Crippen LogP contribution in [0.5, 0.6) is 0 Å². The average Bonchev–Trinajstić information content (AvgIpc) is 3.58. The molecule has 0 unspecified atom stereocenters. The van der Waals surface area contributed by atoms with Crippen LogP contribution in [0.4, 0.5) is 0 Å². The fourth-order valence-electron chi connectivity index (χ4n) is 6.84. The molecule has 0 aliphatic heterocycles. The second-order valence-electron chi connectivity index (χ2n) is 13.5. The molecule has 1 aliphatic rings. The SMILES string of the molecule is [2H]C([2H])([2H])c1cc(-c2[c-]ccc3c2oc2nc(-c4c(C([2H])(C)C)cccc4C([2H])(C)C)ccc23)ncc1C1([2H])CCCCC1.[2H]C([2H])([2H])c1ccc(-c2[c-]cccc2)nc1.[Ir]. The Labute approximate surface area is 335 Å². The first-order valence-corrected chi connectivity index (χ1v) is 17.5. The largest absolute Gasteiger partial charge is 0.486 e. The summed E-state index contributed by atoms with van der Waals surface area (Å²) in [6, 6.07) is 31.8. The first-order chi connectivity index (χ1) is 28.1. The first-order valence-electron chi connectivity index (χ1n) is 22.0. The van der Waals surface area contributed by atoms with E-state index in [1.807, 2.05) is 82.3 Å². The van der Waals surface area contributed by atoms with Crippen molar-refractivity contribution in [3.05, 3.63) is 137 Å². The van der Waals surface area contributed by atoms with Crippen LogP contribution in [0.25, 0.3) is 55.8 Å². The van der Waals surface area contributed by atoms with Crippen LogP contribution in [0.2, 0.25) is 0 Å². The number of furan rings is 1. The summed E-state index contributed by atoms with van der Waals surface area (Å²) in [5.41, 5.74) is 7.25. The maximum absolute atomic E-state index is 9.11. The molecule has 7 aromatic rings. The standard InChI is InChI=1S/C35H37N2O.C12H10N.Ir/c1-21(2)25-13-9-14-26(22(3)4)33(25)31-18-17-28-27-15-10-16-29(34(27)38-35(28)37-31)32-19-23(5)30(20-36-32)24-11-7-6-8-12-24;1-10-7-8-12(13-9-10)11-5-3-2-4-6-11;/h9-10,13-15,17-22,24H,6-8,11-12H2,1-5H3;2-5,7-9H,1H3;/q2*-1;/i5D3,21D,22D,24D;1D3;. The topological polar surface area (TPSA) is 51.8 Å². The number of hydrogen-bond acceptors (Lipinski definition) is 4. The number of hydrogen-bond donors (Lipinski definition) is 0. The molecule has 3 aromatic carbocycles. The van der Waals surface area contributed by atoms with Crippen molar-refractivity contribution < 1.29 is 36.9 Å². The fourth-order valence-corrected chi connectivity index (χ4v) is 6.84. The molecule has 8 rings (SSSR count). The van der Waals surface area contributed by atoms with Gasteiger partial charge in [0.15, 0.2) is 0 Å². The molecule has 267 valence electrons. The average molecular weight is 871 g/mol. The minimum atomic E-state index is -2.40. The van der Waals surface area contributed by atoms with Crippen molar-refractivity contribution in [2.24, 2.45) is 0 Å². The van der Waals surface area contributed by atoms with Crippen LogP contribution < -0.4 is 0 Å². The van der Waals surface area contributed by atoms with Crippen molar-refractivity contribution in [1.82, 2.24) is 15.0 Å². The number of nitrogens with zero attached hydrogens (tertiary/aromatic N) is 3. The molecule has 4 heterocycles. The fraction of sp³-hybridized carbons (Fsp3) is 0.298. The van der Waals surface area contributed by atoms with Gasteiger partial charge in [0.25, 0.3) is 0 Å². The Morgan fingerprint density at radius 2 is 1.54 bits per heavy atom. The minimum Gasteiger partial charge on any atom is -0.486 e. The van der Waals surface area contributed by atoms with E-state index >= 15 is 0 Å². The molecule has 4 nitrogen and oxygen atoms in total. The minimum absolute atomic E-state index is 0. The smallest absolute Gasteiger partial charge is 0.216 e. The van der Waals surface area contributed by atoms with Gasteiger partial charge in [0, 0.05) is 55.8 Å². The molecule has 0 spiro atoms. The predicted molar refractivity (Wildman–Crippen MR) is 211 cm³/mol. The predicted octanol–water partition coefficient (Wildman–Crippen LogP) is 13.0. The van der Waals surface area contributed by atoms with Gasteiger partial charge in [-0.05, 0) is 90.0 Å². The third kappa shape index (κ3) is 7.82. The van der Waals surface area contributed by atoms with E-state index in [1.165, 1.54) is 6.20 Å². The van der Waals surface area contributed by atoms with Crippen molar-refractivity contribution in [1.29, 1.82) is 0 Å². The Morgan fingerprint density at radius 1 is 0.769 bits per heavy atom. The summed E-state index contributed by atoms with van der Waals surface area (Å²) in [5, 5.41) is 1.58. The zero-order valence-corrected chi connectivity index (χ0v) is 32.3. The van der Waals surface area contributed by atoms with E-state index in [0.717, 1.165) is 58.0 Å². The molecule has 0 atom stereocenters.